The molecule has 2 N–H and O–H groups in total. The fourth-order valence-corrected chi connectivity index (χ4v) is 6.06. The Hall–Kier alpha value is -0.600. The van der Waals surface area contributed by atoms with Crippen molar-refractivity contribution in [2.45, 2.75) is 65.4 Å². The van der Waals surface area contributed by atoms with Crippen LogP contribution in [0.4, 0.5) is 0 Å². The molecule has 3 aliphatic rings. The van der Waals surface area contributed by atoms with E-state index in [4.69, 9.17) is 0 Å². The standard InChI is InChI=1S/C20H32O2/c1-5-18(2)9-8-16-14(10-18)6-7-17-19(3,13-21)11-15(22)12-20(16,17)4/h5-6,15-17,21-22H,1,7-13H2,2-4H3/t15-,16-,17-,18-,19+,20-/m0/s1. The molecule has 2 nitrogen and oxygen atoms in total. The zero-order chi connectivity index (χ0) is 16.2. The zero-order valence-electron chi connectivity index (χ0n) is 14.4. The second-order valence-electron chi connectivity index (χ2n) is 9.07. The molecule has 0 aromatic heterocycles. The lowest BCUT2D eigenvalue weighted by Crippen LogP contribution is -2.55. The highest BCUT2D eigenvalue weighted by Gasteiger charge is 2.57. The van der Waals surface area contributed by atoms with Gasteiger partial charge in [0.05, 0.1) is 6.10 Å². The molecule has 0 radical (unpaired) electrons. The summed E-state index contributed by atoms with van der Waals surface area (Å²) in [6.45, 7) is 11.1. The Morgan fingerprint density at radius 3 is 2.68 bits per heavy atom. The van der Waals surface area contributed by atoms with Gasteiger partial charge in [-0.15, -0.1) is 6.58 Å². The van der Waals surface area contributed by atoms with Gasteiger partial charge in [0.15, 0.2) is 0 Å². The van der Waals surface area contributed by atoms with Crippen LogP contribution in [0.1, 0.15) is 59.3 Å². The highest BCUT2D eigenvalue weighted by atomic mass is 16.3. The lowest BCUT2D eigenvalue weighted by molar-refractivity contribution is -0.125. The first-order valence-electron chi connectivity index (χ1n) is 8.88. The van der Waals surface area contributed by atoms with Gasteiger partial charge in [0.2, 0.25) is 0 Å². The van der Waals surface area contributed by atoms with E-state index in [2.05, 4.69) is 39.5 Å². The van der Waals surface area contributed by atoms with Gasteiger partial charge in [-0.05, 0) is 66.6 Å². The largest absolute Gasteiger partial charge is 0.396 e. The fourth-order valence-electron chi connectivity index (χ4n) is 6.06. The van der Waals surface area contributed by atoms with Gasteiger partial charge in [0.1, 0.15) is 0 Å². The van der Waals surface area contributed by atoms with E-state index in [1.807, 2.05) is 0 Å². The Morgan fingerprint density at radius 2 is 2.05 bits per heavy atom. The van der Waals surface area contributed by atoms with Crippen molar-refractivity contribution in [3.8, 4) is 0 Å². The number of hydrogen-bond donors (Lipinski definition) is 2. The maximum atomic E-state index is 10.5. The van der Waals surface area contributed by atoms with E-state index in [9.17, 15) is 10.2 Å². The van der Waals surface area contributed by atoms with E-state index in [-0.39, 0.29) is 29.0 Å². The molecule has 3 rings (SSSR count). The van der Waals surface area contributed by atoms with Crippen molar-refractivity contribution in [3.63, 3.8) is 0 Å². The van der Waals surface area contributed by atoms with E-state index in [0.29, 0.717) is 11.8 Å². The predicted molar refractivity (Wildman–Crippen MR) is 90.4 cm³/mol. The summed E-state index contributed by atoms with van der Waals surface area (Å²) in [6.07, 6.45) is 10.5. The molecular formula is C20H32O2. The minimum Gasteiger partial charge on any atom is -0.396 e. The molecule has 0 spiro atoms. The monoisotopic (exact) mass is 304 g/mol. The van der Waals surface area contributed by atoms with Gasteiger partial charge in [0, 0.05) is 6.61 Å². The fraction of sp³-hybridized carbons (Fsp3) is 0.800. The van der Waals surface area contributed by atoms with Crippen molar-refractivity contribution in [3.05, 3.63) is 24.3 Å². The van der Waals surface area contributed by atoms with Gasteiger partial charge in [0.25, 0.3) is 0 Å². The molecule has 6 atom stereocenters. The molecule has 0 saturated heterocycles. The van der Waals surface area contributed by atoms with Crippen LogP contribution in [0.2, 0.25) is 0 Å². The maximum absolute atomic E-state index is 10.5. The van der Waals surface area contributed by atoms with Gasteiger partial charge in [-0.3, -0.25) is 0 Å². The molecule has 2 saturated carbocycles. The molecule has 0 bridgehead atoms. The number of fused-ring (bicyclic) bond motifs is 3. The second-order valence-corrected chi connectivity index (χ2v) is 9.07. The molecule has 0 aromatic rings. The van der Waals surface area contributed by atoms with Crippen molar-refractivity contribution < 1.29 is 10.2 Å². The average Bonchev–Trinajstić information content (AvgIpc) is 2.45. The number of aliphatic hydroxyl groups is 2. The van der Waals surface area contributed by atoms with Crippen LogP contribution < -0.4 is 0 Å². The van der Waals surface area contributed by atoms with Crippen LogP contribution in [0.3, 0.4) is 0 Å². The molecule has 0 aromatic carbocycles. The summed E-state index contributed by atoms with van der Waals surface area (Å²) in [5.74, 6) is 1.05. The summed E-state index contributed by atoms with van der Waals surface area (Å²) in [4.78, 5) is 0. The molecule has 124 valence electrons. The van der Waals surface area contributed by atoms with Gasteiger partial charge in [-0.2, -0.15) is 0 Å². The number of rotatable bonds is 2. The first kappa shape index (κ1) is 16.3. The Bertz CT molecular complexity index is 496. The summed E-state index contributed by atoms with van der Waals surface area (Å²) in [6, 6.07) is 0. The quantitative estimate of drug-likeness (QED) is 0.755. The number of hydrogen-bond acceptors (Lipinski definition) is 2. The summed E-state index contributed by atoms with van der Waals surface area (Å²) < 4.78 is 0. The molecule has 0 amide bonds. The molecule has 0 heterocycles. The number of aliphatic hydroxyl groups excluding tert-OH is 2. The minimum absolute atomic E-state index is 0.127. The SMILES string of the molecule is C=C[C@@]1(C)CC[C@H]2C(=CC[C@H]3[C@@](C)(CO)C[C@H](O)C[C@@]23C)C1. The van der Waals surface area contributed by atoms with Crippen molar-refractivity contribution in [1.82, 2.24) is 0 Å². The van der Waals surface area contributed by atoms with Crippen molar-refractivity contribution in [2.75, 3.05) is 6.61 Å². The van der Waals surface area contributed by atoms with E-state index in [1.54, 1.807) is 5.57 Å². The first-order valence-corrected chi connectivity index (χ1v) is 8.88. The van der Waals surface area contributed by atoms with E-state index in [0.717, 1.165) is 25.7 Å². The number of allylic oxidation sites excluding steroid dienone is 3. The summed E-state index contributed by atoms with van der Waals surface area (Å²) >= 11 is 0. The summed E-state index contributed by atoms with van der Waals surface area (Å²) in [5, 5.41) is 20.5. The van der Waals surface area contributed by atoms with Gasteiger partial charge in [-0.25, -0.2) is 0 Å². The minimum atomic E-state index is -0.273. The smallest absolute Gasteiger partial charge is 0.0552 e. The lowest BCUT2D eigenvalue weighted by atomic mass is 9.45. The van der Waals surface area contributed by atoms with Crippen LogP contribution in [-0.2, 0) is 0 Å². The van der Waals surface area contributed by atoms with Crippen LogP contribution in [0, 0.1) is 28.1 Å². The zero-order valence-corrected chi connectivity index (χ0v) is 14.4. The molecule has 0 unspecified atom stereocenters. The van der Waals surface area contributed by atoms with E-state index >= 15 is 0 Å². The highest BCUT2D eigenvalue weighted by molar-refractivity contribution is 5.25. The predicted octanol–water partition coefficient (Wildman–Crippen LogP) is 4.08. The second kappa shape index (κ2) is 5.21. The average molecular weight is 304 g/mol. The Labute approximate surface area is 135 Å². The summed E-state index contributed by atoms with van der Waals surface area (Å²) in [7, 11) is 0. The Kier molecular flexibility index (Phi) is 3.85. The topological polar surface area (TPSA) is 40.5 Å². The van der Waals surface area contributed by atoms with Crippen molar-refractivity contribution in [1.29, 1.82) is 0 Å². The van der Waals surface area contributed by atoms with Gasteiger partial charge in [-0.1, -0.05) is 38.5 Å². The Balaban J connectivity index is 1.97. The molecule has 3 aliphatic carbocycles. The van der Waals surface area contributed by atoms with Crippen LogP contribution >= 0.6 is 0 Å². The Morgan fingerprint density at radius 1 is 1.32 bits per heavy atom. The van der Waals surface area contributed by atoms with E-state index in [1.165, 1.54) is 12.8 Å². The first-order chi connectivity index (χ1) is 10.3. The molecule has 2 heteroatoms. The third-order valence-corrected chi connectivity index (χ3v) is 7.34. The maximum Gasteiger partial charge on any atom is 0.0552 e. The van der Waals surface area contributed by atoms with E-state index < -0.39 is 0 Å². The van der Waals surface area contributed by atoms with Crippen LogP contribution in [0.15, 0.2) is 24.3 Å². The molecule has 22 heavy (non-hydrogen) atoms. The van der Waals surface area contributed by atoms with Crippen molar-refractivity contribution >= 4 is 0 Å². The highest BCUT2D eigenvalue weighted by Crippen LogP contribution is 2.63. The lowest BCUT2D eigenvalue weighted by Gasteiger charge is -2.60. The van der Waals surface area contributed by atoms with Crippen LogP contribution in [0.25, 0.3) is 0 Å². The molecule has 2 fully saturated rings. The van der Waals surface area contributed by atoms with Crippen LogP contribution in [0.5, 0.6) is 0 Å². The summed E-state index contributed by atoms with van der Waals surface area (Å²) in [5.41, 5.74) is 1.80. The molecule has 0 aliphatic heterocycles. The van der Waals surface area contributed by atoms with Gasteiger partial charge < -0.3 is 10.2 Å². The molecular weight excluding hydrogens is 272 g/mol. The van der Waals surface area contributed by atoms with Gasteiger partial charge >= 0.3 is 0 Å². The third kappa shape index (κ3) is 2.30. The van der Waals surface area contributed by atoms with Crippen LogP contribution in [-0.4, -0.2) is 22.9 Å². The third-order valence-electron chi connectivity index (χ3n) is 7.34. The van der Waals surface area contributed by atoms with Crippen molar-refractivity contribution in [2.24, 2.45) is 28.1 Å². The normalized spacial score (nSPS) is 51.5.